The first kappa shape index (κ1) is 17.0. The van der Waals surface area contributed by atoms with Crippen molar-refractivity contribution in [2.75, 3.05) is 18.0 Å². The van der Waals surface area contributed by atoms with Crippen LogP contribution in [-0.2, 0) is 0 Å². The van der Waals surface area contributed by atoms with Crippen LogP contribution in [0.1, 0.15) is 25.0 Å². The molecule has 0 radical (unpaired) electrons. The van der Waals surface area contributed by atoms with E-state index in [4.69, 9.17) is 12.2 Å². The molecule has 2 N–H and O–H groups in total. The zero-order chi connectivity index (χ0) is 16.7. The summed E-state index contributed by atoms with van der Waals surface area (Å²) in [6.45, 7) is 5.97. The molecule has 2 aromatic rings. The molecule has 0 fully saturated rings. The molecule has 120 valence electrons. The number of thiocarbonyl (C=S) groups is 1. The average Bonchev–Trinajstić information content (AvgIpc) is 2.58. The van der Waals surface area contributed by atoms with Crippen LogP contribution in [0.2, 0.25) is 0 Å². The van der Waals surface area contributed by atoms with Crippen LogP contribution < -0.4 is 10.3 Å². The van der Waals surface area contributed by atoms with Gasteiger partial charge in [-0.25, -0.2) is 0 Å². The lowest BCUT2D eigenvalue weighted by atomic mass is 10.2. The monoisotopic (exact) mass is 327 g/mol. The Bertz CT molecular complexity index is 682. The molecule has 0 spiro atoms. The molecule has 0 bridgehead atoms. The number of hydrogen-bond donors (Lipinski definition) is 2. The molecule has 0 aliphatic carbocycles. The molecule has 0 aliphatic rings. The van der Waals surface area contributed by atoms with Gasteiger partial charge < -0.3 is 10.0 Å². The minimum Gasteiger partial charge on any atom is -0.507 e. The highest BCUT2D eigenvalue weighted by atomic mass is 32.1. The van der Waals surface area contributed by atoms with Crippen molar-refractivity contribution in [2.24, 2.45) is 5.10 Å². The van der Waals surface area contributed by atoms with Crippen LogP contribution in [0.4, 0.5) is 5.69 Å². The van der Waals surface area contributed by atoms with Gasteiger partial charge in [0.25, 0.3) is 0 Å². The van der Waals surface area contributed by atoms with E-state index in [0.717, 1.165) is 24.3 Å². The highest BCUT2D eigenvalue weighted by molar-refractivity contribution is 7.80. The van der Waals surface area contributed by atoms with Crippen LogP contribution >= 0.6 is 12.2 Å². The fraction of sp³-hybridized carbons (Fsp3) is 0.222. The van der Waals surface area contributed by atoms with Crippen LogP contribution in [0.3, 0.4) is 0 Å². The summed E-state index contributed by atoms with van der Waals surface area (Å²) in [5.41, 5.74) is 5.36. The number of aromatic hydroxyl groups is 1. The van der Waals surface area contributed by atoms with Crippen molar-refractivity contribution in [3.8, 4) is 5.75 Å². The molecule has 0 aliphatic heterocycles. The van der Waals surface area contributed by atoms with Gasteiger partial charge in [0.2, 0.25) is 0 Å². The lowest BCUT2D eigenvalue weighted by molar-refractivity contribution is 0.474. The van der Waals surface area contributed by atoms with Crippen LogP contribution in [0.25, 0.3) is 0 Å². The molecule has 2 aromatic carbocycles. The highest BCUT2D eigenvalue weighted by Gasteiger charge is 2.05. The van der Waals surface area contributed by atoms with E-state index in [9.17, 15) is 5.11 Å². The highest BCUT2D eigenvalue weighted by Crippen LogP contribution is 2.23. The van der Waals surface area contributed by atoms with E-state index in [2.05, 4.69) is 29.3 Å². The summed E-state index contributed by atoms with van der Waals surface area (Å²) >= 11 is 5.26. The number of phenolic OH excluding ortho intramolecular Hbond substituents is 1. The first-order valence-electron chi connectivity index (χ1n) is 7.62. The van der Waals surface area contributed by atoms with Gasteiger partial charge in [0.05, 0.1) is 6.21 Å². The van der Waals surface area contributed by atoms with Gasteiger partial charge in [-0.05, 0) is 26.0 Å². The molecular weight excluding hydrogens is 306 g/mol. The smallest absolute Gasteiger partial charge is 0.126 e. The zero-order valence-corrected chi connectivity index (χ0v) is 14.2. The van der Waals surface area contributed by atoms with Gasteiger partial charge in [0, 0.05) is 36.0 Å². The standard InChI is InChI=1S/C18H21N3OS/c1-3-21(4-2)16-11-10-15(17(22)12-16)13-19-20-18(23)14-8-6-5-7-9-14/h5-13,22H,3-4H2,1-2H3,(H,20,23). The zero-order valence-electron chi connectivity index (χ0n) is 13.4. The Morgan fingerprint density at radius 3 is 2.48 bits per heavy atom. The Morgan fingerprint density at radius 1 is 1.17 bits per heavy atom. The molecule has 0 amide bonds. The van der Waals surface area contributed by atoms with Gasteiger partial charge in [-0.2, -0.15) is 5.10 Å². The van der Waals surface area contributed by atoms with Crippen molar-refractivity contribution in [3.63, 3.8) is 0 Å². The van der Waals surface area contributed by atoms with E-state index in [1.165, 1.54) is 0 Å². The fourth-order valence-electron chi connectivity index (χ4n) is 2.24. The van der Waals surface area contributed by atoms with E-state index in [-0.39, 0.29) is 5.75 Å². The van der Waals surface area contributed by atoms with E-state index in [1.54, 1.807) is 12.3 Å². The summed E-state index contributed by atoms with van der Waals surface area (Å²) in [6, 6.07) is 15.2. The number of benzene rings is 2. The van der Waals surface area contributed by atoms with E-state index in [0.29, 0.717) is 10.6 Å². The van der Waals surface area contributed by atoms with Crippen molar-refractivity contribution < 1.29 is 5.11 Å². The van der Waals surface area contributed by atoms with E-state index < -0.39 is 0 Å². The second-order valence-electron chi connectivity index (χ2n) is 4.98. The predicted octanol–water partition coefficient (Wildman–Crippen LogP) is 3.54. The minimum atomic E-state index is 0.200. The number of rotatable bonds is 6. The quantitative estimate of drug-likeness (QED) is 0.484. The van der Waals surface area contributed by atoms with Gasteiger partial charge in [-0.15, -0.1) is 0 Å². The third kappa shape index (κ3) is 4.53. The molecule has 0 atom stereocenters. The van der Waals surface area contributed by atoms with Crippen LogP contribution in [0, 0.1) is 0 Å². The molecule has 0 aromatic heterocycles. The number of hydrazone groups is 1. The Labute approximate surface area is 142 Å². The minimum absolute atomic E-state index is 0.200. The maximum absolute atomic E-state index is 10.1. The third-order valence-corrected chi connectivity index (χ3v) is 3.88. The van der Waals surface area contributed by atoms with Gasteiger partial charge in [-0.3, -0.25) is 5.43 Å². The average molecular weight is 327 g/mol. The van der Waals surface area contributed by atoms with Gasteiger partial charge in [0.1, 0.15) is 10.7 Å². The Balaban J connectivity index is 2.04. The van der Waals surface area contributed by atoms with Gasteiger partial charge in [0.15, 0.2) is 0 Å². The number of anilines is 1. The Kier molecular flexibility index (Phi) is 6.11. The molecule has 0 unspecified atom stereocenters. The van der Waals surface area contributed by atoms with Crippen LogP contribution in [0.15, 0.2) is 53.6 Å². The molecule has 2 rings (SSSR count). The SMILES string of the molecule is CCN(CC)c1ccc(C=NNC(=S)c2ccccc2)c(O)c1. The molecule has 23 heavy (non-hydrogen) atoms. The van der Waals surface area contributed by atoms with E-state index in [1.807, 2.05) is 42.5 Å². The number of nitrogens with one attached hydrogen (secondary N) is 1. The molecule has 0 saturated heterocycles. The van der Waals surface area contributed by atoms with E-state index >= 15 is 0 Å². The van der Waals surface area contributed by atoms with Crippen LogP contribution in [-0.4, -0.2) is 29.4 Å². The Hall–Kier alpha value is -2.40. The molecule has 4 nitrogen and oxygen atoms in total. The second-order valence-corrected chi connectivity index (χ2v) is 5.39. The van der Waals surface area contributed by atoms with Crippen molar-refractivity contribution in [2.45, 2.75) is 13.8 Å². The third-order valence-electron chi connectivity index (χ3n) is 3.55. The maximum atomic E-state index is 10.1. The normalized spacial score (nSPS) is 10.7. The van der Waals surface area contributed by atoms with Crippen molar-refractivity contribution in [3.05, 3.63) is 59.7 Å². The number of hydrogen-bond acceptors (Lipinski definition) is 4. The maximum Gasteiger partial charge on any atom is 0.126 e. The van der Waals surface area contributed by atoms with Gasteiger partial charge in [-0.1, -0.05) is 42.5 Å². The summed E-state index contributed by atoms with van der Waals surface area (Å²) in [6.07, 6.45) is 1.57. The lowest BCUT2D eigenvalue weighted by Crippen LogP contribution is -2.21. The van der Waals surface area contributed by atoms with Crippen LogP contribution in [0.5, 0.6) is 5.75 Å². The summed E-state index contributed by atoms with van der Waals surface area (Å²) in [4.78, 5) is 2.71. The molecule has 0 saturated carbocycles. The number of phenols is 1. The molecule has 5 heteroatoms. The predicted molar refractivity (Wildman–Crippen MR) is 101 cm³/mol. The van der Waals surface area contributed by atoms with Crippen molar-refractivity contribution >= 4 is 29.1 Å². The topological polar surface area (TPSA) is 47.9 Å². The number of nitrogens with zero attached hydrogens (tertiary/aromatic N) is 2. The summed E-state index contributed by atoms with van der Waals surface area (Å²) in [7, 11) is 0. The summed E-state index contributed by atoms with van der Waals surface area (Å²) in [5.74, 6) is 0.200. The first-order valence-corrected chi connectivity index (χ1v) is 8.03. The Morgan fingerprint density at radius 2 is 1.87 bits per heavy atom. The largest absolute Gasteiger partial charge is 0.507 e. The lowest BCUT2D eigenvalue weighted by Gasteiger charge is -2.21. The molecule has 0 heterocycles. The summed E-state index contributed by atoms with van der Waals surface area (Å²) < 4.78 is 0. The van der Waals surface area contributed by atoms with Gasteiger partial charge >= 0.3 is 0 Å². The second kappa shape index (κ2) is 8.29. The fourth-order valence-corrected chi connectivity index (χ4v) is 2.43. The summed E-state index contributed by atoms with van der Waals surface area (Å²) in [5, 5.41) is 14.2. The molecular formula is C18H21N3OS. The van der Waals surface area contributed by atoms with Crippen molar-refractivity contribution in [1.29, 1.82) is 0 Å². The van der Waals surface area contributed by atoms with Crippen molar-refractivity contribution in [1.82, 2.24) is 5.43 Å². The first-order chi connectivity index (χ1) is 11.2.